The predicted octanol–water partition coefficient (Wildman–Crippen LogP) is 2.50. The van der Waals surface area contributed by atoms with Gasteiger partial charge in [0.2, 0.25) is 0 Å². The molecule has 3 N–H and O–H groups in total. The van der Waals surface area contributed by atoms with Gasteiger partial charge in [0.15, 0.2) is 5.82 Å². The van der Waals surface area contributed by atoms with Crippen molar-refractivity contribution in [2.24, 2.45) is 0 Å². The molecule has 0 bridgehead atoms. The molecule has 0 saturated heterocycles. The normalized spacial score (nSPS) is 14.5. The van der Waals surface area contributed by atoms with Crippen LogP contribution < -0.4 is 10.2 Å². The van der Waals surface area contributed by atoms with E-state index in [9.17, 15) is 9.46 Å². The average molecular weight is 389 g/mol. The highest BCUT2D eigenvalue weighted by Crippen LogP contribution is 2.36. The number of H-pyrrole nitrogens is 1. The topological polar surface area (TPSA) is 122 Å². The molecule has 3 rings (SSSR count). The summed E-state index contributed by atoms with van der Waals surface area (Å²) in [6.45, 7) is 1.09. The Morgan fingerprint density at radius 1 is 1.22 bits per heavy atom. The molecule has 0 aliphatic heterocycles. The maximum absolute atomic E-state index is 11.4. The van der Waals surface area contributed by atoms with E-state index < -0.39 is 13.6 Å². The van der Waals surface area contributed by atoms with E-state index in [0.29, 0.717) is 12.2 Å². The molecule has 10 heteroatoms. The number of rotatable bonds is 8. The first kappa shape index (κ1) is 19.2. The molecule has 0 spiro atoms. The van der Waals surface area contributed by atoms with Crippen molar-refractivity contribution >= 4 is 7.60 Å². The summed E-state index contributed by atoms with van der Waals surface area (Å²) >= 11 is 0. The zero-order chi connectivity index (χ0) is 19.3. The minimum Gasteiger partial charge on any atom is -0.497 e. The van der Waals surface area contributed by atoms with E-state index in [1.807, 2.05) is 48.5 Å². The lowest BCUT2D eigenvalue weighted by molar-refractivity contribution is 0.131. The van der Waals surface area contributed by atoms with E-state index in [2.05, 4.69) is 26.1 Å². The Morgan fingerprint density at radius 2 is 2.00 bits per heavy atom. The van der Waals surface area contributed by atoms with Gasteiger partial charge in [-0.1, -0.05) is 41.6 Å². The number of hydrogen-bond acceptors (Lipinski definition) is 7. The summed E-state index contributed by atoms with van der Waals surface area (Å²) in [7, 11) is -2.06. The second kappa shape index (κ2) is 8.41. The van der Waals surface area contributed by atoms with Crippen molar-refractivity contribution in [1.82, 2.24) is 26.1 Å². The first-order valence-electron chi connectivity index (χ1n) is 8.16. The van der Waals surface area contributed by atoms with Crippen LogP contribution in [-0.2, 0) is 15.6 Å². The van der Waals surface area contributed by atoms with Crippen LogP contribution in [0.15, 0.2) is 48.5 Å². The molecule has 0 aliphatic carbocycles. The van der Waals surface area contributed by atoms with Crippen LogP contribution in [0.2, 0.25) is 0 Å². The standard InChI is InChI=1S/C17H20N5O4P/c1-25-15-5-3-4-14(11-15)13-8-6-12(7-9-13)10-16(17-18-21-22-19-17)20-26-27(2,23)24/h3-9,11,16,20H,10H2,1-2H3,(H,23,24)(H,18,19,21,22)/t16-/m0/s1. The third-order valence-electron chi connectivity index (χ3n) is 3.83. The van der Waals surface area contributed by atoms with E-state index in [0.717, 1.165) is 29.1 Å². The summed E-state index contributed by atoms with van der Waals surface area (Å²) in [6.07, 6.45) is 0.442. The lowest BCUT2D eigenvalue weighted by atomic mass is 10.0. The summed E-state index contributed by atoms with van der Waals surface area (Å²) < 4.78 is 21.5. The van der Waals surface area contributed by atoms with Crippen molar-refractivity contribution in [3.63, 3.8) is 0 Å². The fourth-order valence-electron chi connectivity index (χ4n) is 2.54. The predicted molar refractivity (Wildman–Crippen MR) is 99.0 cm³/mol. The SMILES string of the molecule is COc1cccc(-c2ccc(C[C@H](NOP(C)(=O)O)c3nn[nH]n3)cc2)c1. The number of hydroxylamine groups is 1. The van der Waals surface area contributed by atoms with Crippen LogP contribution in [0.3, 0.4) is 0 Å². The summed E-state index contributed by atoms with van der Waals surface area (Å²) in [6, 6.07) is 15.2. The molecule has 2 aromatic carbocycles. The Balaban J connectivity index is 1.75. The van der Waals surface area contributed by atoms with Crippen molar-refractivity contribution in [3.8, 4) is 16.9 Å². The number of nitrogens with zero attached hydrogens (tertiary/aromatic N) is 3. The molecule has 0 aliphatic rings. The molecule has 0 amide bonds. The van der Waals surface area contributed by atoms with E-state index in [1.165, 1.54) is 0 Å². The van der Waals surface area contributed by atoms with Crippen molar-refractivity contribution in [1.29, 1.82) is 0 Å². The Hall–Kier alpha value is -2.58. The number of aromatic amines is 1. The van der Waals surface area contributed by atoms with Crippen LogP contribution in [0.4, 0.5) is 0 Å². The lowest BCUT2D eigenvalue weighted by Gasteiger charge is -2.16. The Labute approximate surface area is 156 Å². The quantitative estimate of drug-likeness (QED) is 0.397. The van der Waals surface area contributed by atoms with Gasteiger partial charge in [-0.15, -0.1) is 10.2 Å². The van der Waals surface area contributed by atoms with E-state index in [1.54, 1.807) is 7.11 Å². The van der Waals surface area contributed by atoms with Gasteiger partial charge >= 0.3 is 7.60 Å². The summed E-state index contributed by atoms with van der Waals surface area (Å²) in [4.78, 5) is 9.33. The number of nitrogens with one attached hydrogen (secondary N) is 2. The molecule has 27 heavy (non-hydrogen) atoms. The minimum atomic E-state index is -3.69. The van der Waals surface area contributed by atoms with Gasteiger partial charge in [0.05, 0.1) is 7.11 Å². The maximum atomic E-state index is 11.4. The van der Waals surface area contributed by atoms with E-state index >= 15 is 0 Å². The number of tetrazole rings is 1. The number of aromatic nitrogens is 4. The molecule has 0 saturated carbocycles. The van der Waals surface area contributed by atoms with Crippen LogP contribution in [-0.4, -0.2) is 39.3 Å². The van der Waals surface area contributed by atoms with Crippen LogP contribution in [0, 0.1) is 0 Å². The smallest absolute Gasteiger partial charge is 0.341 e. The molecule has 3 aromatic rings. The molecule has 0 radical (unpaired) electrons. The Kier molecular flexibility index (Phi) is 5.98. The fourth-order valence-corrected chi connectivity index (χ4v) is 2.86. The number of hydrogen-bond donors (Lipinski definition) is 3. The highest BCUT2D eigenvalue weighted by atomic mass is 31.2. The first-order valence-corrected chi connectivity index (χ1v) is 10.2. The van der Waals surface area contributed by atoms with Crippen molar-refractivity contribution in [2.75, 3.05) is 13.8 Å². The third kappa shape index (κ3) is 5.45. The number of benzene rings is 2. The molecule has 1 aromatic heterocycles. The zero-order valence-electron chi connectivity index (χ0n) is 14.9. The molecule has 9 nitrogen and oxygen atoms in total. The average Bonchev–Trinajstić information content (AvgIpc) is 3.19. The highest BCUT2D eigenvalue weighted by Gasteiger charge is 2.21. The monoisotopic (exact) mass is 389 g/mol. The zero-order valence-corrected chi connectivity index (χ0v) is 15.8. The number of ether oxygens (including phenoxy) is 1. The molecule has 0 fully saturated rings. The summed E-state index contributed by atoms with van der Waals surface area (Å²) in [5.74, 6) is 1.13. The largest absolute Gasteiger partial charge is 0.497 e. The van der Waals surface area contributed by atoms with Crippen LogP contribution >= 0.6 is 7.60 Å². The van der Waals surface area contributed by atoms with Gasteiger partial charge in [0.1, 0.15) is 11.8 Å². The molecule has 142 valence electrons. The Bertz CT molecular complexity index is 911. The van der Waals surface area contributed by atoms with Crippen LogP contribution in [0.25, 0.3) is 11.1 Å². The minimum absolute atomic E-state index is 0.334. The second-order valence-corrected chi connectivity index (χ2v) is 7.76. The number of methoxy groups -OCH3 is 1. The van der Waals surface area contributed by atoms with Gasteiger partial charge in [0.25, 0.3) is 0 Å². The third-order valence-corrected chi connectivity index (χ3v) is 4.28. The van der Waals surface area contributed by atoms with Gasteiger partial charge in [-0.3, -0.25) is 4.57 Å². The second-order valence-electron chi connectivity index (χ2n) is 5.97. The molecular weight excluding hydrogens is 369 g/mol. The fraction of sp³-hybridized carbons (Fsp3) is 0.235. The summed E-state index contributed by atoms with van der Waals surface area (Å²) in [5, 5.41) is 13.7. The lowest BCUT2D eigenvalue weighted by Crippen LogP contribution is -2.24. The van der Waals surface area contributed by atoms with Gasteiger partial charge < -0.3 is 9.63 Å². The van der Waals surface area contributed by atoms with Gasteiger partial charge in [0, 0.05) is 6.66 Å². The highest BCUT2D eigenvalue weighted by molar-refractivity contribution is 7.51. The van der Waals surface area contributed by atoms with E-state index in [-0.39, 0.29) is 0 Å². The Morgan fingerprint density at radius 3 is 2.63 bits per heavy atom. The summed E-state index contributed by atoms with van der Waals surface area (Å²) in [5.41, 5.74) is 5.62. The van der Waals surface area contributed by atoms with Gasteiger partial charge in [-0.2, -0.15) is 10.7 Å². The van der Waals surface area contributed by atoms with Crippen molar-refractivity contribution in [3.05, 3.63) is 59.9 Å². The van der Waals surface area contributed by atoms with Gasteiger partial charge in [-0.05, 0) is 35.2 Å². The molecular formula is C17H20N5O4P. The van der Waals surface area contributed by atoms with Crippen LogP contribution in [0.5, 0.6) is 5.75 Å². The first-order chi connectivity index (χ1) is 12.9. The van der Waals surface area contributed by atoms with Gasteiger partial charge in [-0.25, -0.2) is 4.62 Å². The van der Waals surface area contributed by atoms with E-state index in [4.69, 9.17) is 9.36 Å². The van der Waals surface area contributed by atoms with Crippen molar-refractivity contribution < 1.29 is 18.8 Å². The molecule has 1 unspecified atom stereocenters. The van der Waals surface area contributed by atoms with Crippen molar-refractivity contribution in [2.45, 2.75) is 12.5 Å². The molecule has 1 heterocycles. The molecule has 2 atom stereocenters. The van der Waals surface area contributed by atoms with Crippen LogP contribution in [0.1, 0.15) is 17.4 Å². The maximum Gasteiger partial charge on any atom is 0.341 e.